The molecule has 1 heterocycles. The monoisotopic (exact) mass is 269 g/mol. The number of amides is 1. The van der Waals surface area contributed by atoms with E-state index in [1.54, 1.807) is 4.90 Å². The van der Waals surface area contributed by atoms with Crippen LogP contribution < -0.4 is 5.32 Å². The van der Waals surface area contributed by atoms with E-state index >= 15 is 0 Å². The van der Waals surface area contributed by atoms with Crippen molar-refractivity contribution in [3.05, 3.63) is 0 Å². The Kier molecular flexibility index (Phi) is 7.39. The van der Waals surface area contributed by atoms with Crippen LogP contribution in [0.2, 0.25) is 0 Å². The molecule has 112 valence electrons. The van der Waals surface area contributed by atoms with Crippen molar-refractivity contribution in [2.75, 3.05) is 40.3 Å². The van der Waals surface area contributed by atoms with Gasteiger partial charge >= 0.3 is 0 Å². The van der Waals surface area contributed by atoms with Crippen molar-refractivity contribution in [3.63, 3.8) is 0 Å². The lowest BCUT2D eigenvalue weighted by Gasteiger charge is -2.38. The fourth-order valence-corrected chi connectivity index (χ4v) is 2.93. The molecule has 1 rings (SSSR count). The fourth-order valence-electron chi connectivity index (χ4n) is 2.93. The number of hydrogen-bond donors (Lipinski definition) is 1. The molecule has 1 fully saturated rings. The highest BCUT2D eigenvalue weighted by molar-refractivity contribution is 5.75. The van der Waals surface area contributed by atoms with Gasteiger partial charge in [0.1, 0.15) is 0 Å². The Morgan fingerprint density at radius 3 is 2.68 bits per heavy atom. The first-order chi connectivity index (χ1) is 9.08. The normalized spacial score (nSPS) is 24.4. The number of carbonyl (C=O) groups is 1. The second-order valence-electron chi connectivity index (χ2n) is 5.81. The Bertz CT molecular complexity index is 268. The van der Waals surface area contributed by atoms with Crippen molar-refractivity contribution in [1.29, 1.82) is 0 Å². The topological polar surface area (TPSA) is 35.6 Å². The van der Waals surface area contributed by atoms with Crippen molar-refractivity contribution in [2.45, 2.75) is 45.6 Å². The molecular weight excluding hydrogens is 238 g/mol. The first kappa shape index (κ1) is 16.4. The van der Waals surface area contributed by atoms with Crippen molar-refractivity contribution in [2.24, 2.45) is 5.92 Å². The largest absolute Gasteiger partial charge is 0.349 e. The van der Waals surface area contributed by atoms with Crippen molar-refractivity contribution >= 4 is 5.91 Å². The molecule has 4 heteroatoms. The standard InChI is InChI=1S/C15H31N3O/c1-5-13-12-18(11-9-14(13)16-6-2)10-7-8-15(19)17(3)4/h13-14,16H,5-12H2,1-4H3. The molecule has 0 aromatic heterocycles. The molecule has 1 N–H and O–H groups in total. The van der Waals surface area contributed by atoms with E-state index in [0.29, 0.717) is 12.5 Å². The van der Waals surface area contributed by atoms with Gasteiger partial charge < -0.3 is 15.1 Å². The molecule has 0 radical (unpaired) electrons. The van der Waals surface area contributed by atoms with Gasteiger partial charge in [0.15, 0.2) is 0 Å². The fraction of sp³-hybridized carbons (Fsp3) is 0.933. The number of nitrogens with zero attached hydrogens (tertiary/aromatic N) is 2. The highest BCUT2D eigenvalue weighted by Gasteiger charge is 2.26. The van der Waals surface area contributed by atoms with Gasteiger partial charge in [-0.2, -0.15) is 0 Å². The van der Waals surface area contributed by atoms with E-state index in [-0.39, 0.29) is 5.91 Å². The lowest BCUT2D eigenvalue weighted by atomic mass is 9.89. The summed E-state index contributed by atoms with van der Waals surface area (Å²) in [5, 5.41) is 3.61. The molecule has 0 bridgehead atoms. The molecule has 1 saturated heterocycles. The predicted octanol–water partition coefficient (Wildman–Crippen LogP) is 1.56. The molecule has 0 aliphatic carbocycles. The first-order valence-electron chi connectivity index (χ1n) is 7.74. The number of piperidine rings is 1. The minimum Gasteiger partial charge on any atom is -0.349 e. The highest BCUT2D eigenvalue weighted by atomic mass is 16.2. The minimum absolute atomic E-state index is 0.245. The van der Waals surface area contributed by atoms with Crippen LogP contribution >= 0.6 is 0 Å². The van der Waals surface area contributed by atoms with Gasteiger partial charge in [0, 0.05) is 33.1 Å². The number of likely N-dealkylation sites (tertiary alicyclic amines) is 1. The number of nitrogens with one attached hydrogen (secondary N) is 1. The van der Waals surface area contributed by atoms with Crippen LogP contribution in [0.1, 0.15) is 39.5 Å². The van der Waals surface area contributed by atoms with E-state index in [0.717, 1.165) is 25.4 Å². The van der Waals surface area contributed by atoms with Crippen molar-refractivity contribution < 1.29 is 4.79 Å². The van der Waals surface area contributed by atoms with Gasteiger partial charge in [-0.1, -0.05) is 20.3 Å². The van der Waals surface area contributed by atoms with Crippen LogP contribution in [0.25, 0.3) is 0 Å². The van der Waals surface area contributed by atoms with Crippen molar-refractivity contribution in [1.82, 2.24) is 15.1 Å². The molecule has 0 spiro atoms. The van der Waals surface area contributed by atoms with E-state index < -0.39 is 0 Å². The molecule has 2 unspecified atom stereocenters. The maximum atomic E-state index is 11.5. The van der Waals surface area contributed by atoms with E-state index in [4.69, 9.17) is 0 Å². The van der Waals surface area contributed by atoms with Gasteiger partial charge in [0.25, 0.3) is 0 Å². The molecule has 2 atom stereocenters. The lowest BCUT2D eigenvalue weighted by molar-refractivity contribution is -0.128. The smallest absolute Gasteiger partial charge is 0.222 e. The average molecular weight is 269 g/mol. The third-order valence-electron chi connectivity index (χ3n) is 4.17. The molecule has 1 aliphatic rings. The molecule has 4 nitrogen and oxygen atoms in total. The summed E-state index contributed by atoms with van der Waals surface area (Å²) in [5.74, 6) is 1.01. The van der Waals surface area contributed by atoms with Crippen LogP contribution in [0, 0.1) is 5.92 Å². The summed E-state index contributed by atoms with van der Waals surface area (Å²) < 4.78 is 0. The van der Waals surface area contributed by atoms with Crippen molar-refractivity contribution in [3.8, 4) is 0 Å². The van der Waals surface area contributed by atoms with Gasteiger partial charge in [0.05, 0.1) is 0 Å². The molecule has 0 saturated carbocycles. The Balaban J connectivity index is 2.28. The third-order valence-corrected chi connectivity index (χ3v) is 4.17. The SMILES string of the molecule is CCNC1CCN(CCCC(=O)N(C)C)CC1CC. The van der Waals surface area contributed by atoms with Gasteiger partial charge in [-0.25, -0.2) is 0 Å². The zero-order chi connectivity index (χ0) is 14.3. The Hall–Kier alpha value is -0.610. The van der Waals surface area contributed by atoms with Gasteiger partial charge in [0.2, 0.25) is 5.91 Å². The van der Waals surface area contributed by atoms with Crippen LogP contribution in [-0.4, -0.2) is 62.0 Å². The number of rotatable bonds is 7. The summed E-state index contributed by atoms with van der Waals surface area (Å²) in [6.45, 7) is 8.96. The number of hydrogen-bond acceptors (Lipinski definition) is 3. The summed E-state index contributed by atoms with van der Waals surface area (Å²) >= 11 is 0. The summed E-state index contributed by atoms with van der Waals surface area (Å²) in [6.07, 6.45) is 4.15. The Labute approximate surface area is 118 Å². The highest BCUT2D eigenvalue weighted by Crippen LogP contribution is 2.20. The summed E-state index contributed by atoms with van der Waals surface area (Å²) in [6, 6.07) is 0.689. The second kappa shape index (κ2) is 8.54. The van der Waals surface area contributed by atoms with Crippen LogP contribution in [0.4, 0.5) is 0 Å². The van der Waals surface area contributed by atoms with Gasteiger partial charge in [-0.3, -0.25) is 4.79 Å². The Morgan fingerprint density at radius 1 is 1.37 bits per heavy atom. The summed E-state index contributed by atoms with van der Waals surface area (Å²) in [7, 11) is 3.66. The average Bonchev–Trinajstić information content (AvgIpc) is 2.40. The maximum absolute atomic E-state index is 11.5. The summed E-state index contributed by atoms with van der Waals surface area (Å²) in [4.78, 5) is 15.8. The summed E-state index contributed by atoms with van der Waals surface area (Å²) in [5.41, 5.74) is 0. The number of carbonyl (C=O) groups excluding carboxylic acids is 1. The van der Waals surface area contributed by atoms with Crippen LogP contribution in [0.15, 0.2) is 0 Å². The zero-order valence-electron chi connectivity index (χ0n) is 13.1. The van der Waals surface area contributed by atoms with Crippen LogP contribution in [0.3, 0.4) is 0 Å². The minimum atomic E-state index is 0.245. The van der Waals surface area contributed by atoms with E-state index in [2.05, 4.69) is 24.1 Å². The lowest BCUT2D eigenvalue weighted by Crippen LogP contribution is -2.49. The van der Waals surface area contributed by atoms with E-state index in [1.807, 2.05) is 14.1 Å². The zero-order valence-corrected chi connectivity index (χ0v) is 13.1. The molecule has 19 heavy (non-hydrogen) atoms. The van der Waals surface area contributed by atoms with Gasteiger partial charge in [-0.15, -0.1) is 0 Å². The predicted molar refractivity (Wildman–Crippen MR) is 80.2 cm³/mol. The van der Waals surface area contributed by atoms with Crippen LogP contribution in [0.5, 0.6) is 0 Å². The third kappa shape index (κ3) is 5.49. The van der Waals surface area contributed by atoms with E-state index in [9.17, 15) is 4.79 Å². The Morgan fingerprint density at radius 2 is 2.11 bits per heavy atom. The molecular formula is C15H31N3O. The molecule has 0 aromatic carbocycles. The first-order valence-corrected chi connectivity index (χ1v) is 7.74. The maximum Gasteiger partial charge on any atom is 0.222 e. The van der Waals surface area contributed by atoms with Crippen LogP contribution in [-0.2, 0) is 4.79 Å². The second-order valence-corrected chi connectivity index (χ2v) is 5.81. The molecule has 0 aromatic rings. The van der Waals surface area contributed by atoms with Gasteiger partial charge in [-0.05, 0) is 38.4 Å². The van der Waals surface area contributed by atoms with E-state index in [1.165, 1.54) is 25.9 Å². The quantitative estimate of drug-likeness (QED) is 0.762. The molecule has 1 aliphatic heterocycles. The molecule has 1 amide bonds.